The number of aryl methyl sites for hydroxylation is 1. The zero-order chi connectivity index (χ0) is 15.2. The molecule has 0 saturated carbocycles. The molecular formula is C16H20N4O. The van der Waals surface area contributed by atoms with Gasteiger partial charge in [0.25, 0.3) is 0 Å². The molecule has 0 fully saturated rings. The van der Waals surface area contributed by atoms with Crippen molar-refractivity contribution < 1.29 is 5.21 Å². The Bertz CT molecular complexity index is 640. The maximum atomic E-state index is 8.73. The number of pyridine rings is 1. The van der Waals surface area contributed by atoms with Crippen LogP contribution < -0.4 is 5.73 Å². The van der Waals surface area contributed by atoms with E-state index in [9.17, 15) is 0 Å². The largest absolute Gasteiger partial charge is 0.409 e. The van der Waals surface area contributed by atoms with Crippen molar-refractivity contribution in [3.8, 4) is 0 Å². The molecule has 0 aliphatic carbocycles. The number of nitrogens with zero attached hydrogens (tertiary/aromatic N) is 3. The Morgan fingerprint density at radius 1 is 1.24 bits per heavy atom. The molecule has 0 atom stereocenters. The van der Waals surface area contributed by atoms with Crippen LogP contribution in [0.1, 0.15) is 22.5 Å². The van der Waals surface area contributed by atoms with Crippen LogP contribution in [-0.4, -0.2) is 28.0 Å². The van der Waals surface area contributed by atoms with Crippen LogP contribution in [0.2, 0.25) is 0 Å². The minimum atomic E-state index is 0.125. The first-order chi connectivity index (χ1) is 10.1. The Morgan fingerprint density at radius 2 is 2.00 bits per heavy atom. The maximum Gasteiger partial charge on any atom is 0.170 e. The van der Waals surface area contributed by atoms with Crippen molar-refractivity contribution in [1.29, 1.82) is 0 Å². The van der Waals surface area contributed by atoms with Gasteiger partial charge in [0.15, 0.2) is 5.84 Å². The highest BCUT2D eigenvalue weighted by molar-refractivity contribution is 5.97. The van der Waals surface area contributed by atoms with Crippen molar-refractivity contribution in [2.24, 2.45) is 10.9 Å². The van der Waals surface area contributed by atoms with Crippen LogP contribution in [0.4, 0.5) is 0 Å². The second kappa shape index (κ2) is 6.85. The minimum absolute atomic E-state index is 0.125. The van der Waals surface area contributed by atoms with E-state index in [0.29, 0.717) is 0 Å². The molecule has 21 heavy (non-hydrogen) atoms. The van der Waals surface area contributed by atoms with Gasteiger partial charge in [0.1, 0.15) is 0 Å². The van der Waals surface area contributed by atoms with Crippen molar-refractivity contribution in [3.63, 3.8) is 0 Å². The van der Waals surface area contributed by atoms with Gasteiger partial charge in [0, 0.05) is 24.3 Å². The van der Waals surface area contributed by atoms with Crippen LogP contribution in [0, 0.1) is 6.92 Å². The number of benzene rings is 1. The maximum absolute atomic E-state index is 8.73. The topological polar surface area (TPSA) is 74.7 Å². The van der Waals surface area contributed by atoms with Crippen molar-refractivity contribution in [3.05, 3.63) is 65.0 Å². The van der Waals surface area contributed by atoms with E-state index >= 15 is 0 Å². The Hall–Kier alpha value is -2.40. The van der Waals surface area contributed by atoms with E-state index in [4.69, 9.17) is 10.9 Å². The standard InChI is InChI=1S/C16H20N4O/c1-12-5-3-8-15(18-12)11-20(2)10-13-6-4-7-14(9-13)16(17)19-21/h3-9,21H,10-11H2,1-2H3,(H2,17,19). The molecule has 0 aliphatic rings. The third-order valence-electron chi connectivity index (χ3n) is 3.16. The number of hydrogen-bond donors (Lipinski definition) is 2. The first-order valence-corrected chi connectivity index (χ1v) is 6.76. The van der Waals surface area contributed by atoms with Crippen LogP contribution in [0.25, 0.3) is 0 Å². The van der Waals surface area contributed by atoms with Crippen LogP contribution in [0.5, 0.6) is 0 Å². The van der Waals surface area contributed by atoms with E-state index < -0.39 is 0 Å². The Morgan fingerprint density at radius 3 is 2.71 bits per heavy atom. The van der Waals surface area contributed by atoms with Crippen LogP contribution in [-0.2, 0) is 13.1 Å². The van der Waals surface area contributed by atoms with E-state index in [1.54, 1.807) is 0 Å². The molecule has 1 aromatic carbocycles. The zero-order valence-corrected chi connectivity index (χ0v) is 12.3. The summed E-state index contributed by atoms with van der Waals surface area (Å²) in [4.78, 5) is 6.67. The molecule has 0 bridgehead atoms. The van der Waals surface area contributed by atoms with E-state index in [1.165, 1.54) is 0 Å². The molecule has 1 aromatic heterocycles. The molecular weight excluding hydrogens is 264 g/mol. The molecule has 0 saturated heterocycles. The highest BCUT2D eigenvalue weighted by Gasteiger charge is 2.05. The van der Waals surface area contributed by atoms with Gasteiger partial charge >= 0.3 is 0 Å². The predicted molar refractivity (Wildman–Crippen MR) is 83.1 cm³/mol. The minimum Gasteiger partial charge on any atom is -0.409 e. The summed E-state index contributed by atoms with van der Waals surface area (Å²) in [5, 5.41) is 11.8. The predicted octanol–water partition coefficient (Wildman–Crippen LogP) is 2.12. The fourth-order valence-electron chi connectivity index (χ4n) is 2.22. The third-order valence-corrected chi connectivity index (χ3v) is 3.16. The molecule has 3 N–H and O–H groups in total. The molecule has 2 aromatic rings. The molecule has 5 heteroatoms. The fraction of sp³-hybridized carbons (Fsp3) is 0.250. The van der Waals surface area contributed by atoms with E-state index in [0.717, 1.165) is 35.6 Å². The van der Waals surface area contributed by atoms with Crippen LogP contribution in [0.3, 0.4) is 0 Å². The van der Waals surface area contributed by atoms with Crippen LogP contribution in [0.15, 0.2) is 47.6 Å². The average molecular weight is 284 g/mol. The smallest absolute Gasteiger partial charge is 0.170 e. The normalized spacial score (nSPS) is 11.9. The summed E-state index contributed by atoms with van der Waals surface area (Å²) < 4.78 is 0. The fourth-order valence-corrected chi connectivity index (χ4v) is 2.22. The summed E-state index contributed by atoms with van der Waals surface area (Å²) >= 11 is 0. The van der Waals surface area contributed by atoms with Crippen molar-refractivity contribution in [1.82, 2.24) is 9.88 Å². The first kappa shape index (κ1) is 15.0. The van der Waals surface area contributed by atoms with E-state index in [-0.39, 0.29) is 5.84 Å². The highest BCUT2D eigenvalue weighted by Crippen LogP contribution is 2.10. The number of amidine groups is 1. The van der Waals surface area contributed by atoms with Gasteiger partial charge < -0.3 is 10.9 Å². The molecule has 5 nitrogen and oxygen atoms in total. The molecule has 0 amide bonds. The number of nitrogens with two attached hydrogens (primary N) is 1. The summed E-state index contributed by atoms with van der Waals surface area (Å²) in [6.45, 7) is 3.53. The lowest BCUT2D eigenvalue weighted by Crippen LogP contribution is -2.19. The molecule has 2 rings (SSSR count). The van der Waals surface area contributed by atoms with Gasteiger partial charge in [-0.25, -0.2) is 0 Å². The Kier molecular flexibility index (Phi) is 4.90. The third kappa shape index (κ3) is 4.29. The van der Waals surface area contributed by atoms with E-state index in [2.05, 4.69) is 15.0 Å². The SMILES string of the molecule is Cc1cccc(CN(C)Cc2cccc(/C(N)=N/O)c2)n1. The number of hydrogen-bond acceptors (Lipinski definition) is 4. The molecule has 0 spiro atoms. The summed E-state index contributed by atoms with van der Waals surface area (Å²) in [5.41, 5.74) is 9.51. The summed E-state index contributed by atoms with van der Waals surface area (Å²) in [6, 6.07) is 13.7. The summed E-state index contributed by atoms with van der Waals surface area (Å²) in [7, 11) is 2.04. The lowest BCUT2D eigenvalue weighted by molar-refractivity contribution is 0.314. The van der Waals surface area contributed by atoms with Crippen molar-refractivity contribution in [2.45, 2.75) is 20.0 Å². The highest BCUT2D eigenvalue weighted by atomic mass is 16.4. The van der Waals surface area contributed by atoms with Gasteiger partial charge in [-0.3, -0.25) is 9.88 Å². The number of rotatable bonds is 5. The van der Waals surface area contributed by atoms with Crippen molar-refractivity contribution >= 4 is 5.84 Å². The van der Waals surface area contributed by atoms with E-state index in [1.807, 2.05) is 56.4 Å². The lowest BCUT2D eigenvalue weighted by Gasteiger charge is -2.17. The monoisotopic (exact) mass is 284 g/mol. The molecule has 0 radical (unpaired) electrons. The Labute approximate surface area is 124 Å². The zero-order valence-electron chi connectivity index (χ0n) is 12.3. The quantitative estimate of drug-likeness (QED) is 0.382. The van der Waals surface area contributed by atoms with Crippen LogP contribution >= 0.6 is 0 Å². The average Bonchev–Trinajstić information content (AvgIpc) is 2.46. The summed E-state index contributed by atoms with van der Waals surface area (Å²) in [6.07, 6.45) is 0. The molecule has 110 valence electrons. The molecule has 0 unspecified atom stereocenters. The molecule has 0 aliphatic heterocycles. The number of oxime groups is 1. The van der Waals surface area contributed by atoms with Gasteiger partial charge in [-0.2, -0.15) is 0 Å². The lowest BCUT2D eigenvalue weighted by atomic mass is 10.1. The van der Waals surface area contributed by atoms with Gasteiger partial charge in [0.05, 0.1) is 5.69 Å². The first-order valence-electron chi connectivity index (χ1n) is 6.76. The van der Waals surface area contributed by atoms with Gasteiger partial charge in [-0.05, 0) is 37.7 Å². The van der Waals surface area contributed by atoms with Gasteiger partial charge in [-0.15, -0.1) is 0 Å². The molecule has 1 heterocycles. The van der Waals surface area contributed by atoms with Gasteiger partial charge in [-0.1, -0.05) is 29.4 Å². The van der Waals surface area contributed by atoms with Gasteiger partial charge in [0.2, 0.25) is 0 Å². The second-order valence-corrected chi connectivity index (χ2v) is 5.13. The summed E-state index contributed by atoms with van der Waals surface area (Å²) in [5.74, 6) is 0.125. The number of aromatic nitrogens is 1. The second-order valence-electron chi connectivity index (χ2n) is 5.13. The Balaban J connectivity index is 2.04. The van der Waals surface area contributed by atoms with Crippen molar-refractivity contribution in [2.75, 3.05) is 7.05 Å².